The molecule has 7 nitrogen and oxygen atoms in total. The molecule has 0 atom stereocenters. The predicted octanol–water partition coefficient (Wildman–Crippen LogP) is 19.5. The van der Waals surface area contributed by atoms with E-state index in [1.54, 1.807) is 0 Å². The zero-order valence-corrected chi connectivity index (χ0v) is 47.6. The van der Waals surface area contributed by atoms with E-state index in [0.29, 0.717) is 5.75 Å². The Morgan fingerprint density at radius 2 is 0.835 bits per heavy atom. The van der Waals surface area contributed by atoms with Gasteiger partial charge in [0.25, 0.3) is 0 Å². The molecule has 0 radical (unpaired) electrons. The van der Waals surface area contributed by atoms with Crippen molar-refractivity contribution in [2.24, 2.45) is 4.99 Å². The lowest BCUT2D eigenvalue weighted by Gasteiger charge is -2.21. The van der Waals surface area contributed by atoms with Gasteiger partial charge in [0.05, 0.1) is 33.5 Å². The van der Waals surface area contributed by atoms with Crippen molar-refractivity contribution >= 4 is 49.8 Å². The molecule has 2 aliphatic carbocycles. The SMILES string of the molecule is CC1(C)c2ccccc2-c2cc3c4cc(-c5ccc6c(c5)c5cc7c(cc5n6-c5cccc(Oc6nc(-c8ccccc8)cc(-c8ccccc8)n6)c5)C(C)(C)c5ccccc5-7)ccc4n(-c4cccc(OC/N=C/c5ccccc5)c4)c3cc21. The molecule has 3 heterocycles. The molecule has 85 heavy (non-hydrogen) atoms. The summed E-state index contributed by atoms with van der Waals surface area (Å²) in [5.41, 5.74) is 23.5. The molecule has 0 bridgehead atoms. The van der Waals surface area contributed by atoms with E-state index >= 15 is 0 Å². The normalized spacial score (nSPS) is 13.6. The third-order valence-electron chi connectivity index (χ3n) is 17.8. The van der Waals surface area contributed by atoms with E-state index in [9.17, 15) is 0 Å². The van der Waals surface area contributed by atoms with Crippen LogP contribution in [0.4, 0.5) is 0 Å². The molecule has 0 N–H and O–H groups in total. The minimum absolute atomic E-state index is 0.176. The summed E-state index contributed by atoms with van der Waals surface area (Å²) >= 11 is 0. The Morgan fingerprint density at radius 3 is 1.36 bits per heavy atom. The van der Waals surface area contributed by atoms with Crippen LogP contribution in [0, 0.1) is 0 Å². The highest BCUT2D eigenvalue weighted by Crippen LogP contribution is 2.53. The van der Waals surface area contributed by atoms with Crippen LogP contribution in [0.2, 0.25) is 0 Å². The van der Waals surface area contributed by atoms with Crippen LogP contribution in [0.5, 0.6) is 17.5 Å². The van der Waals surface area contributed by atoms with Crippen molar-refractivity contribution in [1.82, 2.24) is 19.1 Å². The van der Waals surface area contributed by atoms with Gasteiger partial charge in [0, 0.05) is 73.2 Å². The second-order valence-electron chi connectivity index (χ2n) is 23.6. The van der Waals surface area contributed by atoms with Crippen molar-refractivity contribution in [2.75, 3.05) is 6.73 Å². The molecular formula is C78H57N5O2. The van der Waals surface area contributed by atoms with Crippen molar-refractivity contribution in [2.45, 2.75) is 38.5 Å². The van der Waals surface area contributed by atoms with Gasteiger partial charge in [-0.1, -0.05) is 191 Å². The number of rotatable bonds is 11. The largest absolute Gasteiger partial charge is 0.471 e. The van der Waals surface area contributed by atoms with Crippen LogP contribution in [-0.4, -0.2) is 32.0 Å². The van der Waals surface area contributed by atoms with Gasteiger partial charge in [-0.3, -0.25) is 4.99 Å². The summed E-state index contributed by atoms with van der Waals surface area (Å²) in [7, 11) is 0. The predicted molar refractivity (Wildman–Crippen MR) is 348 cm³/mol. The highest BCUT2D eigenvalue weighted by atomic mass is 16.5. The van der Waals surface area contributed by atoms with Crippen LogP contribution in [0.1, 0.15) is 55.5 Å². The third kappa shape index (κ3) is 8.29. The maximum atomic E-state index is 6.73. The molecule has 0 spiro atoms. The summed E-state index contributed by atoms with van der Waals surface area (Å²) in [4.78, 5) is 14.6. The monoisotopic (exact) mass is 1100 g/mol. The molecule has 0 saturated carbocycles. The lowest BCUT2D eigenvalue weighted by atomic mass is 9.82. The Bertz CT molecular complexity index is 4980. The number of aromatic nitrogens is 4. The van der Waals surface area contributed by atoms with Gasteiger partial charge in [0.2, 0.25) is 0 Å². The smallest absolute Gasteiger partial charge is 0.323 e. The second-order valence-corrected chi connectivity index (χ2v) is 23.6. The number of aliphatic imine (C=N–C) groups is 1. The van der Waals surface area contributed by atoms with Crippen molar-refractivity contribution in [3.63, 3.8) is 0 Å². The summed E-state index contributed by atoms with van der Waals surface area (Å²) in [5, 5.41) is 4.73. The van der Waals surface area contributed by atoms with Gasteiger partial charge in [-0.05, 0) is 140 Å². The Labute approximate surface area is 493 Å². The van der Waals surface area contributed by atoms with Crippen LogP contribution >= 0.6 is 0 Å². The lowest BCUT2D eigenvalue weighted by Crippen LogP contribution is -2.15. The quantitative estimate of drug-likeness (QED) is 0.121. The summed E-state index contributed by atoms with van der Waals surface area (Å²) < 4.78 is 17.9. The van der Waals surface area contributed by atoms with Crippen molar-refractivity contribution < 1.29 is 9.47 Å². The first kappa shape index (κ1) is 50.1. The van der Waals surface area contributed by atoms with Gasteiger partial charge in [0.1, 0.15) is 11.5 Å². The molecule has 406 valence electrons. The Balaban J connectivity index is 0.843. The second kappa shape index (κ2) is 19.5. The minimum atomic E-state index is -0.201. The molecule has 3 aromatic heterocycles. The van der Waals surface area contributed by atoms with E-state index in [1.165, 1.54) is 66.1 Å². The van der Waals surface area contributed by atoms with Gasteiger partial charge >= 0.3 is 6.01 Å². The molecule has 0 fully saturated rings. The molecule has 0 amide bonds. The first-order valence-electron chi connectivity index (χ1n) is 29.1. The number of nitrogens with zero attached hydrogens (tertiary/aromatic N) is 5. The van der Waals surface area contributed by atoms with E-state index in [0.717, 1.165) is 78.4 Å². The molecule has 16 rings (SSSR count). The summed E-state index contributed by atoms with van der Waals surface area (Å²) in [6.45, 7) is 9.62. The van der Waals surface area contributed by atoms with Crippen molar-refractivity contribution in [3.8, 4) is 84.8 Å². The van der Waals surface area contributed by atoms with Crippen LogP contribution in [0.15, 0.2) is 260 Å². The molecular weight excluding hydrogens is 1040 g/mol. The topological polar surface area (TPSA) is 66.5 Å². The molecule has 0 unspecified atom stereocenters. The zero-order valence-electron chi connectivity index (χ0n) is 47.6. The minimum Gasteiger partial charge on any atom is -0.471 e. The van der Waals surface area contributed by atoms with Crippen molar-refractivity contribution in [1.29, 1.82) is 0 Å². The third-order valence-corrected chi connectivity index (χ3v) is 17.8. The van der Waals surface area contributed by atoms with Gasteiger partial charge in [-0.25, -0.2) is 0 Å². The van der Waals surface area contributed by atoms with E-state index < -0.39 is 0 Å². The number of benzene rings is 11. The average molecular weight is 1100 g/mol. The fourth-order valence-corrected chi connectivity index (χ4v) is 13.6. The van der Waals surface area contributed by atoms with Gasteiger partial charge in [-0.15, -0.1) is 0 Å². The Hall–Kier alpha value is -10.6. The van der Waals surface area contributed by atoms with Crippen LogP contribution in [0.25, 0.3) is 111 Å². The summed E-state index contributed by atoms with van der Waals surface area (Å²) in [6, 6.07) is 91.2. The standard InChI is InChI=1S/C78H57N5O2/c1-77(2)66-32-16-14-30-58(66)60-42-64-62-38-52(34-36-72(62)82(74(64)44-68(60)77)54-26-18-28-56(40-54)84-48-79-47-49-20-8-5-9-21-49)53-35-37-73-63(39-53)65-43-61-59-31-15-17-33-67(59)78(3,4)69(61)45-75(65)83(73)55-27-19-29-57(41-55)85-76-80-70(50-22-10-6-11-23-50)46-71(81-76)51-24-12-7-13-25-51/h5-47H,48H2,1-4H3/b79-47+. The average Bonchev–Trinajstić information content (AvgIpc) is 1.87. The van der Waals surface area contributed by atoms with E-state index in [1.807, 2.05) is 91.1 Å². The molecule has 2 aliphatic rings. The summed E-state index contributed by atoms with van der Waals surface area (Å²) in [6.07, 6.45) is 1.86. The first-order chi connectivity index (χ1) is 41.6. The zero-order chi connectivity index (χ0) is 57.0. The van der Waals surface area contributed by atoms with Gasteiger partial charge < -0.3 is 18.6 Å². The molecule has 0 saturated heterocycles. The first-order valence-corrected chi connectivity index (χ1v) is 29.1. The number of ether oxygens (including phenoxy) is 2. The number of hydrogen-bond donors (Lipinski definition) is 0. The van der Waals surface area contributed by atoms with Crippen molar-refractivity contribution in [3.05, 3.63) is 283 Å². The maximum Gasteiger partial charge on any atom is 0.323 e. The van der Waals surface area contributed by atoms with E-state index in [-0.39, 0.29) is 23.6 Å². The van der Waals surface area contributed by atoms with Crippen LogP contribution in [-0.2, 0) is 10.8 Å². The van der Waals surface area contributed by atoms with E-state index in [4.69, 9.17) is 19.4 Å². The number of hydrogen-bond acceptors (Lipinski definition) is 5. The highest BCUT2D eigenvalue weighted by Gasteiger charge is 2.38. The molecule has 14 aromatic rings. The fourth-order valence-electron chi connectivity index (χ4n) is 13.6. The molecule has 7 heteroatoms. The summed E-state index contributed by atoms with van der Waals surface area (Å²) in [5.74, 6) is 1.40. The fraction of sp³-hybridized carbons (Fsp3) is 0.0897. The van der Waals surface area contributed by atoms with Gasteiger partial charge in [0.15, 0.2) is 6.73 Å². The number of fused-ring (bicyclic) bond motifs is 12. The van der Waals surface area contributed by atoms with Crippen LogP contribution < -0.4 is 9.47 Å². The Morgan fingerprint density at radius 1 is 0.376 bits per heavy atom. The van der Waals surface area contributed by atoms with Crippen LogP contribution in [0.3, 0.4) is 0 Å². The van der Waals surface area contributed by atoms with Gasteiger partial charge in [-0.2, -0.15) is 9.97 Å². The Kier molecular flexibility index (Phi) is 11.5. The lowest BCUT2D eigenvalue weighted by molar-refractivity contribution is 0.332. The molecule has 0 aliphatic heterocycles. The molecule has 11 aromatic carbocycles. The maximum absolute atomic E-state index is 6.73. The van der Waals surface area contributed by atoms with E-state index in [2.05, 4.69) is 212 Å². The highest BCUT2D eigenvalue weighted by molar-refractivity contribution is 6.15.